The summed E-state index contributed by atoms with van der Waals surface area (Å²) in [6.07, 6.45) is 0. The van der Waals surface area contributed by atoms with Gasteiger partial charge in [-0.2, -0.15) is 0 Å². The van der Waals surface area contributed by atoms with E-state index in [4.69, 9.17) is 5.73 Å². The van der Waals surface area contributed by atoms with Gasteiger partial charge in [-0.15, -0.1) is 0 Å². The molecule has 5 heteroatoms. The summed E-state index contributed by atoms with van der Waals surface area (Å²) in [6.45, 7) is 0. The van der Waals surface area contributed by atoms with Crippen molar-refractivity contribution in [3.05, 3.63) is 36.0 Å². The summed E-state index contributed by atoms with van der Waals surface area (Å²) in [5.41, 5.74) is 7.01. The highest BCUT2D eigenvalue weighted by Gasteiger charge is 2.15. The Morgan fingerprint density at radius 1 is 1.38 bits per heavy atom. The van der Waals surface area contributed by atoms with Crippen molar-refractivity contribution in [2.75, 3.05) is 12.8 Å². The van der Waals surface area contributed by atoms with Gasteiger partial charge in [-0.1, -0.05) is 41.7 Å². The lowest BCUT2D eigenvalue weighted by Crippen LogP contribution is -2.19. The Hall–Kier alpha value is -1.88. The van der Waals surface area contributed by atoms with Crippen LogP contribution in [0.2, 0.25) is 0 Å². The number of aromatic nitrogens is 1. The van der Waals surface area contributed by atoms with Crippen LogP contribution in [0.15, 0.2) is 30.3 Å². The number of nitrogen functional groups attached to an aromatic ring is 1. The third kappa shape index (κ3) is 1.90. The Balaban J connectivity index is 2.42. The van der Waals surface area contributed by atoms with Gasteiger partial charge >= 0.3 is 0 Å². The Kier molecular flexibility index (Phi) is 2.87. The Morgan fingerprint density at radius 2 is 2.06 bits per heavy atom. The summed E-state index contributed by atoms with van der Waals surface area (Å²) >= 11 is 1.32. The summed E-state index contributed by atoms with van der Waals surface area (Å²) in [5, 5.41) is 3.72. The number of hydrogen-bond acceptors (Lipinski definition) is 4. The van der Waals surface area contributed by atoms with E-state index in [2.05, 4.69) is 10.3 Å². The molecule has 0 fully saturated rings. The monoisotopic (exact) mass is 233 g/mol. The van der Waals surface area contributed by atoms with Gasteiger partial charge in [-0.3, -0.25) is 4.79 Å². The first kappa shape index (κ1) is 10.6. The third-order valence-corrected chi connectivity index (χ3v) is 3.05. The minimum atomic E-state index is -0.254. The maximum atomic E-state index is 11.4. The number of nitrogens with two attached hydrogens (primary N) is 1. The second-order valence-corrected chi connectivity index (χ2v) is 4.21. The maximum absolute atomic E-state index is 11.4. The second kappa shape index (κ2) is 4.32. The third-order valence-electron chi connectivity index (χ3n) is 2.12. The normalized spacial score (nSPS) is 10.1. The largest absolute Gasteiger partial charge is 0.389 e. The summed E-state index contributed by atoms with van der Waals surface area (Å²) in [5.74, 6) is -0.254. The number of thiazole rings is 1. The quantitative estimate of drug-likeness (QED) is 0.830. The predicted molar refractivity (Wildman–Crippen MR) is 65.4 cm³/mol. The zero-order chi connectivity index (χ0) is 11.5. The van der Waals surface area contributed by atoms with Gasteiger partial charge in [0.15, 0.2) is 5.69 Å². The summed E-state index contributed by atoms with van der Waals surface area (Å²) in [7, 11) is 1.56. The fourth-order valence-electron chi connectivity index (χ4n) is 1.32. The predicted octanol–water partition coefficient (Wildman–Crippen LogP) is 1.75. The minimum Gasteiger partial charge on any atom is -0.389 e. The first-order valence-corrected chi connectivity index (χ1v) is 5.58. The Labute approximate surface area is 97.1 Å². The molecule has 1 aromatic carbocycles. The van der Waals surface area contributed by atoms with Crippen LogP contribution in [-0.2, 0) is 0 Å². The van der Waals surface area contributed by atoms with Crippen LogP contribution in [0, 0.1) is 0 Å². The first-order chi connectivity index (χ1) is 7.72. The molecule has 0 saturated heterocycles. The van der Waals surface area contributed by atoms with E-state index in [1.807, 2.05) is 30.3 Å². The van der Waals surface area contributed by atoms with E-state index >= 15 is 0 Å². The number of carbonyl (C=O) groups excluding carboxylic acids is 1. The van der Waals surface area contributed by atoms with Crippen molar-refractivity contribution in [1.82, 2.24) is 10.3 Å². The van der Waals surface area contributed by atoms with Gasteiger partial charge < -0.3 is 11.1 Å². The van der Waals surface area contributed by atoms with Crippen LogP contribution in [-0.4, -0.2) is 17.9 Å². The number of carbonyl (C=O) groups is 1. The highest BCUT2D eigenvalue weighted by molar-refractivity contribution is 7.19. The van der Waals surface area contributed by atoms with E-state index in [-0.39, 0.29) is 5.91 Å². The number of anilines is 1. The molecule has 0 unspecified atom stereocenters. The molecule has 0 spiro atoms. The van der Waals surface area contributed by atoms with Gasteiger partial charge in [0.1, 0.15) is 10.0 Å². The lowest BCUT2D eigenvalue weighted by Gasteiger charge is -1.94. The molecule has 82 valence electrons. The van der Waals surface area contributed by atoms with Gasteiger partial charge in [0.05, 0.1) is 0 Å². The van der Waals surface area contributed by atoms with Gasteiger partial charge in [0.25, 0.3) is 5.91 Å². The molecular formula is C11H11N3OS. The number of nitrogens with one attached hydrogen (secondary N) is 1. The van der Waals surface area contributed by atoms with E-state index < -0.39 is 0 Å². The summed E-state index contributed by atoms with van der Waals surface area (Å²) in [4.78, 5) is 15.7. The van der Waals surface area contributed by atoms with E-state index in [1.54, 1.807) is 7.05 Å². The molecule has 1 aromatic heterocycles. The van der Waals surface area contributed by atoms with E-state index in [0.717, 1.165) is 10.6 Å². The molecule has 0 saturated carbocycles. The standard InChI is InChI=1S/C11H11N3OS/c1-13-10(15)8-9(12)16-11(14-8)7-5-3-2-4-6-7/h2-6H,12H2,1H3,(H,13,15). The fraction of sp³-hybridized carbons (Fsp3) is 0.0909. The van der Waals surface area contributed by atoms with Crippen molar-refractivity contribution in [3.8, 4) is 10.6 Å². The van der Waals surface area contributed by atoms with Gasteiger partial charge in [0.2, 0.25) is 0 Å². The minimum absolute atomic E-state index is 0.254. The number of benzene rings is 1. The highest BCUT2D eigenvalue weighted by Crippen LogP contribution is 2.29. The SMILES string of the molecule is CNC(=O)c1nc(-c2ccccc2)sc1N. The van der Waals surface area contributed by atoms with Crippen LogP contribution in [0.4, 0.5) is 5.00 Å². The zero-order valence-corrected chi connectivity index (χ0v) is 9.54. The Bertz CT molecular complexity index is 507. The second-order valence-electron chi connectivity index (χ2n) is 3.18. The van der Waals surface area contributed by atoms with Crippen molar-refractivity contribution >= 4 is 22.2 Å². The average molecular weight is 233 g/mol. The highest BCUT2D eigenvalue weighted by atomic mass is 32.1. The number of hydrogen-bond donors (Lipinski definition) is 2. The lowest BCUT2D eigenvalue weighted by atomic mass is 10.2. The van der Waals surface area contributed by atoms with E-state index in [0.29, 0.717) is 10.7 Å². The van der Waals surface area contributed by atoms with Crippen LogP contribution in [0.1, 0.15) is 10.5 Å². The summed E-state index contributed by atoms with van der Waals surface area (Å²) in [6, 6.07) is 9.65. The molecule has 1 heterocycles. The van der Waals surface area contributed by atoms with E-state index in [9.17, 15) is 4.79 Å². The molecule has 0 atom stereocenters. The molecule has 0 aliphatic carbocycles. The molecule has 16 heavy (non-hydrogen) atoms. The number of rotatable bonds is 2. The van der Waals surface area contributed by atoms with Gasteiger partial charge in [-0.25, -0.2) is 4.98 Å². The van der Waals surface area contributed by atoms with Crippen LogP contribution in [0.25, 0.3) is 10.6 Å². The zero-order valence-electron chi connectivity index (χ0n) is 8.73. The molecular weight excluding hydrogens is 222 g/mol. The molecule has 2 rings (SSSR count). The smallest absolute Gasteiger partial charge is 0.272 e. The van der Waals surface area contributed by atoms with Crippen LogP contribution >= 0.6 is 11.3 Å². The molecule has 1 amide bonds. The van der Waals surface area contributed by atoms with Crippen molar-refractivity contribution in [3.63, 3.8) is 0 Å². The fourth-order valence-corrected chi connectivity index (χ4v) is 2.15. The summed E-state index contributed by atoms with van der Waals surface area (Å²) < 4.78 is 0. The van der Waals surface area contributed by atoms with Crippen molar-refractivity contribution < 1.29 is 4.79 Å². The van der Waals surface area contributed by atoms with Crippen LogP contribution in [0.5, 0.6) is 0 Å². The molecule has 4 nitrogen and oxygen atoms in total. The van der Waals surface area contributed by atoms with Crippen LogP contribution in [0.3, 0.4) is 0 Å². The number of amides is 1. The average Bonchev–Trinajstić information content (AvgIpc) is 2.71. The Morgan fingerprint density at radius 3 is 2.69 bits per heavy atom. The lowest BCUT2D eigenvalue weighted by molar-refractivity contribution is 0.0960. The molecule has 2 aromatic rings. The molecule has 3 N–H and O–H groups in total. The molecule has 0 radical (unpaired) electrons. The topological polar surface area (TPSA) is 68.0 Å². The van der Waals surface area contributed by atoms with E-state index in [1.165, 1.54) is 11.3 Å². The van der Waals surface area contributed by atoms with Crippen molar-refractivity contribution in [2.24, 2.45) is 0 Å². The molecule has 0 aliphatic heterocycles. The first-order valence-electron chi connectivity index (χ1n) is 4.76. The molecule has 0 aliphatic rings. The van der Waals surface area contributed by atoms with Crippen LogP contribution < -0.4 is 11.1 Å². The maximum Gasteiger partial charge on any atom is 0.272 e. The van der Waals surface area contributed by atoms with Gasteiger partial charge in [0, 0.05) is 12.6 Å². The van der Waals surface area contributed by atoms with Gasteiger partial charge in [-0.05, 0) is 0 Å². The van der Waals surface area contributed by atoms with Crippen molar-refractivity contribution in [1.29, 1.82) is 0 Å². The number of nitrogens with zero attached hydrogens (tertiary/aromatic N) is 1. The van der Waals surface area contributed by atoms with Crippen molar-refractivity contribution in [2.45, 2.75) is 0 Å². The molecule has 0 bridgehead atoms.